The Morgan fingerprint density at radius 2 is 2.08 bits per heavy atom. The minimum Gasteiger partial charge on any atom is -0.468 e. The zero-order valence-corrected chi connectivity index (χ0v) is 7.93. The molecule has 0 spiro atoms. The van der Waals surface area contributed by atoms with Crippen molar-refractivity contribution >= 4 is 11.6 Å². The largest absolute Gasteiger partial charge is 0.468 e. The van der Waals surface area contributed by atoms with Crippen molar-refractivity contribution < 1.29 is 4.42 Å². The van der Waals surface area contributed by atoms with Crippen LogP contribution in [-0.4, -0.2) is 0 Å². The van der Waals surface area contributed by atoms with Gasteiger partial charge in [-0.25, -0.2) is 0 Å². The summed E-state index contributed by atoms with van der Waals surface area (Å²) in [6.45, 7) is 1.86. The van der Waals surface area contributed by atoms with Crippen molar-refractivity contribution in [2.24, 2.45) is 0 Å². The topological polar surface area (TPSA) is 13.1 Å². The van der Waals surface area contributed by atoms with Crippen molar-refractivity contribution in [3.8, 4) is 11.1 Å². The molecule has 13 heavy (non-hydrogen) atoms. The van der Waals surface area contributed by atoms with Gasteiger partial charge in [-0.2, -0.15) is 0 Å². The Morgan fingerprint density at radius 3 is 2.69 bits per heavy atom. The van der Waals surface area contributed by atoms with Gasteiger partial charge in [0.05, 0.1) is 6.26 Å². The molecule has 0 aliphatic heterocycles. The van der Waals surface area contributed by atoms with E-state index in [1.807, 2.05) is 31.2 Å². The highest BCUT2D eigenvalue weighted by atomic mass is 35.5. The number of rotatable bonds is 1. The first kappa shape index (κ1) is 8.39. The van der Waals surface area contributed by atoms with Crippen molar-refractivity contribution in [3.63, 3.8) is 0 Å². The second-order valence-corrected chi connectivity index (χ2v) is 3.22. The summed E-state index contributed by atoms with van der Waals surface area (Å²) in [4.78, 5) is 0. The molecule has 1 radical (unpaired) electrons. The van der Waals surface area contributed by atoms with E-state index in [0.717, 1.165) is 21.9 Å². The van der Waals surface area contributed by atoms with E-state index in [4.69, 9.17) is 16.0 Å². The van der Waals surface area contributed by atoms with E-state index >= 15 is 0 Å². The van der Waals surface area contributed by atoms with E-state index < -0.39 is 0 Å². The van der Waals surface area contributed by atoms with Crippen LogP contribution in [0.4, 0.5) is 0 Å². The maximum absolute atomic E-state index is 6.01. The van der Waals surface area contributed by atoms with Gasteiger partial charge in [-0.05, 0) is 13.0 Å². The van der Waals surface area contributed by atoms with Gasteiger partial charge >= 0.3 is 0 Å². The summed E-state index contributed by atoms with van der Waals surface area (Å²) in [5.41, 5.74) is 1.86. The van der Waals surface area contributed by atoms with Gasteiger partial charge in [0.15, 0.2) is 0 Å². The van der Waals surface area contributed by atoms with Crippen LogP contribution in [0.3, 0.4) is 0 Å². The molecule has 0 aliphatic rings. The van der Waals surface area contributed by atoms with Crippen LogP contribution < -0.4 is 0 Å². The molecule has 65 valence electrons. The summed E-state index contributed by atoms with van der Waals surface area (Å²) >= 11 is 6.01. The number of benzene rings is 1. The molecule has 1 aromatic heterocycles. The quantitative estimate of drug-likeness (QED) is 0.670. The summed E-state index contributed by atoms with van der Waals surface area (Å²) in [5.74, 6) is 0.773. The van der Waals surface area contributed by atoms with Gasteiger partial charge in [-0.1, -0.05) is 29.8 Å². The fourth-order valence-corrected chi connectivity index (χ4v) is 1.44. The Kier molecular flexibility index (Phi) is 2.11. The zero-order valence-electron chi connectivity index (χ0n) is 7.17. The molecule has 0 aliphatic carbocycles. The van der Waals surface area contributed by atoms with Crippen LogP contribution in [0.2, 0.25) is 5.02 Å². The second kappa shape index (κ2) is 3.27. The second-order valence-electron chi connectivity index (χ2n) is 2.81. The van der Waals surface area contributed by atoms with Crippen molar-refractivity contribution in [2.75, 3.05) is 0 Å². The average molecular weight is 192 g/mol. The van der Waals surface area contributed by atoms with Gasteiger partial charge in [-0.3, -0.25) is 0 Å². The Balaban J connectivity index is 2.52. The molecule has 0 atom stereocenters. The highest BCUT2D eigenvalue weighted by Crippen LogP contribution is 2.28. The van der Waals surface area contributed by atoms with E-state index in [1.165, 1.54) is 0 Å². The lowest BCUT2D eigenvalue weighted by Gasteiger charge is -1.97. The third-order valence-electron chi connectivity index (χ3n) is 1.83. The predicted octanol–water partition coefficient (Wildman–Crippen LogP) is 3.71. The van der Waals surface area contributed by atoms with Gasteiger partial charge in [0, 0.05) is 22.2 Å². The Morgan fingerprint density at radius 1 is 1.31 bits per heavy atom. The summed E-state index contributed by atoms with van der Waals surface area (Å²) in [5, 5.41) is 0.722. The van der Waals surface area contributed by atoms with Crippen LogP contribution in [0.5, 0.6) is 0 Å². The van der Waals surface area contributed by atoms with Crippen LogP contribution in [0, 0.1) is 13.0 Å². The van der Waals surface area contributed by atoms with Crippen LogP contribution in [0.25, 0.3) is 11.1 Å². The van der Waals surface area contributed by atoms with Crippen molar-refractivity contribution in [1.29, 1.82) is 0 Å². The van der Waals surface area contributed by atoms with Crippen LogP contribution in [0.15, 0.2) is 34.9 Å². The van der Waals surface area contributed by atoms with E-state index in [-0.39, 0.29) is 0 Å². The minimum atomic E-state index is 0.722. The molecule has 1 heterocycles. The van der Waals surface area contributed by atoms with Gasteiger partial charge in [0.1, 0.15) is 5.76 Å². The summed E-state index contributed by atoms with van der Waals surface area (Å²) in [7, 11) is 0. The third-order valence-corrected chi connectivity index (χ3v) is 2.16. The Hall–Kier alpha value is -1.21. The maximum Gasteiger partial charge on any atom is 0.109 e. The Labute approximate surface area is 82.0 Å². The van der Waals surface area contributed by atoms with E-state index in [9.17, 15) is 0 Å². The normalized spacial score (nSPS) is 10.3. The SMILES string of the molecule is Cc1[c]c(-c2ccccc2Cl)co1. The van der Waals surface area contributed by atoms with Gasteiger partial charge < -0.3 is 4.42 Å². The monoisotopic (exact) mass is 191 g/mol. The molecular weight excluding hydrogens is 184 g/mol. The molecule has 0 fully saturated rings. The molecule has 0 saturated heterocycles. The van der Waals surface area contributed by atoms with Gasteiger partial charge in [0.25, 0.3) is 0 Å². The number of halogens is 1. The first-order chi connectivity index (χ1) is 6.27. The smallest absolute Gasteiger partial charge is 0.109 e. The van der Waals surface area contributed by atoms with E-state index in [0.29, 0.717) is 0 Å². The lowest BCUT2D eigenvalue weighted by Crippen LogP contribution is -1.74. The number of aryl methyl sites for hydroxylation is 1. The molecule has 1 nitrogen and oxygen atoms in total. The molecule has 2 rings (SSSR count). The van der Waals surface area contributed by atoms with Gasteiger partial charge in [0.2, 0.25) is 0 Å². The molecule has 0 bridgehead atoms. The Bertz CT molecular complexity index is 418. The highest BCUT2D eigenvalue weighted by molar-refractivity contribution is 6.33. The van der Waals surface area contributed by atoms with Crippen LogP contribution in [0.1, 0.15) is 5.76 Å². The molecule has 2 aromatic rings. The summed E-state index contributed by atoms with van der Waals surface area (Å²) < 4.78 is 5.16. The molecule has 1 aromatic carbocycles. The minimum absolute atomic E-state index is 0.722. The summed E-state index contributed by atoms with van der Waals surface area (Å²) in [6.07, 6.45) is 1.66. The van der Waals surface area contributed by atoms with Gasteiger partial charge in [-0.15, -0.1) is 0 Å². The fraction of sp³-hybridized carbons (Fsp3) is 0.0909. The van der Waals surface area contributed by atoms with Crippen molar-refractivity contribution in [3.05, 3.63) is 47.4 Å². The highest BCUT2D eigenvalue weighted by Gasteiger charge is 2.04. The standard InChI is InChI=1S/C11H8ClO/c1-8-6-9(7-13-8)10-4-2-3-5-11(10)12/h2-5,7H,1H3. The summed E-state index contributed by atoms with van der Waals surface area (Å²) in [6, 6.07) is 10.7. The zero-order chi connectivity index (χ0) is 9.26. The molecule has 2 heteroatoms. The molecule has 0 N–H and O–H groups in total. The predicted molar refractivity (Wildman–Crippen MR) is 52.7 cm³/mol. The third kappa shape index (κ3) is 1.61. The van der Waals surface area contributed by atoms with Crippen molar-refractivity contribution in [2.45, 2.75) is 6.92 Å². The molecular formula is C11H8ClO. The average Bonchev–Trinajstić information content (AvgIpc) is 2.53. The molecule has 0 unspecified atom stereocenters. The van der Waals surface area contributed by atoms with E-state index in [1.54, 1.807) is 6.26 Å². The van der Waals surface area contributed by atoms with Crippen LogP contribution in [-0.2, 0) is 0 Å². The lowest BCUT2D eigenvalue weighted by atomic mass is 10.1. The number of furan rings is 1. The number of hydrogen-bond donors (Lipinski definition) is 0. The first-order valence-electron chi connectivity index (χ1n) is 3.99. The fourth-order valence-electron chi connectivity index (χ4n) is 1.21. The first-order valence-corrected chi connectivity index (χ1v) is 4.37. The molecule has 0 saturated carbocycles. The van der Waals surface area contributed by atoms with Crippen molar-refractivity contribution in [1.82, 2.24) is 0 Å². The molecule has 0 amide bonds. The van der Waals surface area contributed by atoms with E-state index in [2.05, 4.69) is 6.07 Å². The number of hydrogen-bond acceptors (Lipinski definition) is 1. The van der Waals surface area contributed by atoms with Crippen LogP contribution >= 0.6 is 11.6 Å². The maximum atomic E-state index is 6.01. The lowest BCUT2D eigenvalue weighted by molar-refractivity contribution is 0.534.